The molecule has 2 heteroatoms. The van der Waals surface area contributed by atoms with Gasteiger partial charge in [-0.1, -0.05) is 84.1 Å². The highest BCUT2D eigenvalue weighted by molar-refractivity contribution is 6.83. The first-order valence-corrected chi connectivity index (χ1v) is 10.7. The molecule has 0 bridgehead atoms. The van der Waals surface area contributed by atoms with Gasteiger partial charge in [0.15, 0.2) is 5.78 Å². The van der Waals surface area contributed by atoms with Crippen molar-refractivity contribution in [2.75, 3.05) is 0 Å². The Balaban J connectivity index is 3.14. The van der Waals surface area contributed by atoms with E-state index >= 15 is 0 Å². The monoisotopic (exact) mass is 294 g/mol. The molecule has 1 rings (SSSR count). The normalized spacial score (nSPS) is 23.1. The van der Waals surface area contributed by atoms with Crippen molar-refractivity contribution in [3.8, 4) is 0 Å². The summed E-state index contributed by atoms with van der Waals surface area (Å²) in [5, 5.41) is 0. The molecule has 1 atom stereocenters. The Bertz CT molecular complexity index is 355. The van der Waals surface area contributed by atoms with Gasteiger partial charge in [0, 0.05) is 5.41 Å². The molecule has 1 aliphatic carbocycles. The minimum atomic E-state index is -1.42. The third kappa shape index (κ3) is 2.95. The van der Waals surface area contributed by atoms with Gasteiger partial charge in [-0.05, 0) is 18.4 Å². The number of carbonyl (C=O) groups excluding carboxylic acids is 1. The largest absolute Gasteiger partial charge is 0.294 e. The molecule has 0 radical (unpaired) electrons. The maximum absolute atomic E-state index is 12.3. The lowest BCUT2D eigenvalue weighted by atomic mass is 9.72. The molecule has 20 heavy (non-hydrogen) atoms. The fourth-order valence-corrected chi connectivity index (χ4v) is 11.5. The predicted octanol–water partition coefficient (Wildman–Crippen LogP) is 5.84. The number of allylic oxidation sites excluding steroid dienone is 2. The van der Waals surface area contributed by atoms with Crippen molar-refractivity contribution in [1.29, 1.82) is 0 Å². The Kier molecular flexibility index (Phi) is 5.45. The number of rotatable bonds is 5. The molecule has 0 saturated heterocycles. The van der Waals surface area contributed by atoms with Crippen LogP contribution in [0.2, 0.25) is 22.7 Å². The van der Waals surface area contributed by atoms with Crippen molar-refractivity contribution in [2.24, 2.45) is 11.3 Å². The van der Waals surface area contributed by atoms with E-state index in [1.165, 1.54) is 6.04 Å². The van der Waals surface area contributed by atoms with E-state index in [1.807, 2.05) is 0 Å². The molecule has 0 spiro atoms. The number of carbonyl (C=O) groups is 1. The zero-order valence-electron chi connectivity index (χ0n) is 14.8. The van der Waals surface area contributed by atoms with Crippen molar-refractivity contribution in [3.63, 3.8) is 0 Å². The van der Waals surface area contributed by atoms with Crippen LogP contribution in [0.1, 0.15) is 61.8 Å². The molecule has 116 valence electrons. The van der Waals surface area contributed by atoms with Gasteiger partial charge in [0.1, 0.15) is 0 Å². The SMILES string of the molecule is CC(C)[Si](CC1CC=CC(=O)C1(C)C)(C(C)C)C(C)C. The molecule has 1 aliphatic rings. The van der Waals surface area contributed by atoms with E-state index in [9.17, 15) is 4.79 Å². The van der Waals surface area contributed by atoms with Crippen LogP contribution in [0.5, 0.6) is 0 Å². The van der Waals surface area contributed by atoms with Crippen LogP contribution in [0, 0.1) is 11.3 Å². The molecule has 0 aromatic heterocycles. The van der Waals surface area contributed by atoms with E-state index in [2.05, 4.69) is 61.5 Å². The summed E-state index contributed by atoms with van der Waals surface area (Å²) >= 11 is 0. The molecule has 1 unspecified atom stereocenters. The first-order valence-electron chi connectivity index (χ1n) is 8.27. The first kappa shape index (κ1) is 17.7. The van der Waals surface area contributed by atoms with Gasteiger partial charge >= 0.3 is 0 Å². The highest BCUT2D eigenvalue weighted by Gasteiger charge is 2.48. The van der Waals surface area contributed by atoms with Crippen molar-refractivity contribution < 1.29 is 4.79 Å². The zero-order chi connectivity index (χ0) is 15.7. The minimum Gasteiger partial charge on any atom is -0.294 e. The molecule has 0 aliphatic heterocycles. The quantitative estimate of drug-likeness (QED) is 0.582. The van der Waals surface area contributed by atoms with Crippen LogP contribution < -0.4 is 0 Å². The summed E-state index contributed by atoms with van der Waals surface area (Å²) < 4.78 is 0. The van der Waals surface area contributed by atoms with Gasteiger partial charge in [0.2, 0.25) is 0 Å². The van der Waals surface area contributed by atoms with Crippen molar-refractivity contribution in [3.05, 3.63) is 12.2 Å². The Morgan fingerprint density at radius 2 is 1.55 bits per heavy atom. The maximum Gasteiger partial charge on any atom is 0.161 e. The molecule has 0 N–H and O–H groups in total. The fraction of sp³-hybridized carbons (Fsp3) is 0.833. The number of hydrogen-bond donors (Lipinski definition) is 0. The average Bonchev–Trinajstić information content (AvgIpc) is 2.29. The van der Waals surface area contributed by atoms with Gasteiger partial charge < -0.3 is 0 Å². The van der Waals surface area contributed by atoms with E-state index in [0.29, 0.717) is 11.7 Å². The van der Waals surface area contributed by atoms with Crippen molar-refractivity contribution in [2.45, 2.75) is 84.5 Å². The average molecular weight is 295 g/mol. The third-order valence-corrected chi connectivity index (χ3v) is 13.8. The summed E-state index contributed by atoms with van der Waals surface area (Å²) in [5.74, 6) is 0.854. The van der Waals surface area contributed by atoms with E-state index in [1.54, 1.807) is 6.08 Å². The number of ketones is 1. The molecule has 0 fully saturated rings. The first-order chi connectivity index (χ1) is 9.06. The summed E-state index contributed by atoms with van der Waals surface area (Å²) in [6.07, 6.45) is 5.00. The standard InChI is InChI=1S/C18H34OSi/c1-13(2)20(14(3)4,15(5)6)12-16-10-9-11-17(19)18(16,7)8/h9,11,13-16H,10,12H2,1-8H3. The summed E-state index contributed by atoms with van der Waals surface area (Å²) in [6.45, 7) is 18.8. The molecule has 0 amide bonds. The fourth-order valence-electron chi connectivity index (χ4n) is 4.52. The molecule has 0 aromatic carbocycles. The van der Waals surface area contributed by atoms with Gasteiger partial charge in [-0.15, -0.1) is 0 Å². The van der Waals surface area contributed by atoms with Crippen LogP contribution in [0.15, 0.2) is 12.2 Å². The second-order valence-corrected chi connectivity index (χ2v) is 14.3. The second-order valence-electron chi connectivity index (χ2n) is 8.20. The molecule has 1 nitrogen and oxygen atoms in total. The Labute approximate surface area is 127 Å². The maximum atomic E-state index is 12.3. The highest BCUT2D eigenvalue weighted by atomic mass is 28.3. The molecular formula is C18H34OSi. The molecule has 0 heterocycles. The Hall–Kier alpha value is -0.373. The molecule has 0 aromatic rings. The van der Waals surface area contributed by atoms with Gasteiger partial charge in [0.25, 0.3) is 0 Å². The topological polar surface area (TPSA) is 17.1 Å². The van der Waals surface area contributed by atoms with E-state index < -0.39 is 8.07 Å². The predicted molar refractivity (Wildman–Crippen MR) is 91.9 cm³/mol. The lowest BCUT2D eigenvalue weighted by Crippen LogP contribution is -2.49. The van der Waals surface area contributed by atoms with Crippen molar-refractivity contribution in [1.82, 2.24) is 0 Å². The summed E-state index contributed by atoms with van der Waals surface area (Å²) in [6, 6.07) is 1.29. The summed E-state index contributed by atoms with van der Waals surface area (Å²) in [7, 11) is -1.42. The Morgan fingerprint density at radius 1 is 1.10 bits per heavy atom. The smallest absolute Gasteiger partial charge is 0.161 e. The summed E-state index contributed by atoms with van der Waals surface area (Å²) in [5.41, 5.74) is 2.16. The highest BCUT2D eigenvalue weighted by Crippen LogP contribution is 2.50. The van der Waals surface area contributed by atoms with E-state index in [4.69, 9.17) is 0 Å². The van der Waals surface area contributed by atoms with Gasteiger partial charge in [-0.2, -0.15) is 0 Å². The van der Waals surface area contributed by atoms with Crippen molar-refractivity contribution >= 4 is 13.9 Å². The van der Waals surface area contributed by atoms with Crippen LogP contribution in [0.4, 0.5) is 0 Å². The lowest BCUT2D eigenvalue weighted by Gasteiger charge is -2.48. The van der Waals surface area contributed by atoms with Crippen LogP contribution in [-0.4, -0.2) is 13.9 Å². The van der Waals surface area contributed by atoms with Crippen LogP contribution in [-0.2, 0) is 4.79 Å². The van der Waals surface area contributed by atoms with Crippen LogP contribution in [0.3, 0.4) is 0 Å². The minimum absolute atomic E-state index is 0.175. The third-order valence-electron chi connectivity index (χ3n) is 6.17. The van der Waals surface area contributed by atoms with Crippen LogP contribution >= 0.6 is 0 Å². The zero-order valence-corrected chi connectivity index (χ0v) is 15.8. The van der Waals surface area contributed by atoms with E-state index in [-0.39, 0.29) is 5.41 Å². The Morgan fingerprint density at radius 3 is 1.95 bits per heavy atom. The lowest BCUT2D eigenvalue weighted by molar-refractivity contribution is -0.125. The van der Waals surface area contributed by atoms with E-state index in [0.717, 1.165) is 23.0 Å². The second kappa shape index (κ2) is 6.17. The number of hydrogen-bond acceptors (Lipinski definition) is 1. The van der Waals surface area contributed by atoms with Crippen LogP contribution in [0.25, 0.3) is 0 Å². The summed E-state index contributed by atoms with van der Waals surface area (Å²) in [4.78, 5) is 12.3. The van der Waals surface area contributed by atoms with Gasteiger partial charge in [0.05, 0.1) is 8.07 Å². The molecular weight excluding hydrogens is 260 g/mol. The van der Waals surface area contributed by atoms with Gasteiger partial charge in [-0.25, -0.2) is 0 Å². The van der Waals surface area contributed by atoms with Gasteiger partial charge in [-0.3, -0.25) is 4.79 Å². The molecule has 0 saturated carbocycles.